The van der Waals surface area contributed by atoms with Crippen LogP contribution in [0.25, 0.3) is 0 Å². The molecule has 1 aromatic carbocycles. The van der Waals surface area contributed by atoms with Gasteiger partial charge >= 0.3 is 0 Å². The number of carbonyl (C=O) groups excluding carboxylic acids is 1. The predicted octanol–water partition coefficient (Wildman–Crippen LogP) is 1.50. The molecule has 26 heavy (non-hydrogen) atoms. The number of nitrogens with one attached hydrogen (secondary N) is 2. The highest BCUT2D eigenvalue weighted by atomic mass is 16.7. The van der Waals surface area contributed by atoms with Gasteiger partial charge < -0.3 is 25.0 Å². The van der Waals surface area contributed by atoms with Crippen LogP contribution < -0.4 is 20.1 Å². The first kappa shape index (κ1) is 17.9. The molecule has 8 heteroatoms. The molecule has 1 aliphatic rings. The number of rotatable bonds is 8. The van der Waals surface area contributed by atoms with E-state index >= 15 is 0 Å². The molecule has 0 bridgehead atoms. The molecule has 0 unspecified atom stereocenters. The van der Waals surface area contributed by atoms with E-state index < -0.39 is 0 Å². The molecular weight excluding hydrogens is 334 g/mol. The van der Waals surface area contributed by atoms with Crippen molar-refractivity contribution in [2.24, 2.45) is 0 Å². The van der Waals surface area contributed by atoms with E-state index in [9.17, 15) is 4.79 Å². The fourth-order valence-corrected chi connectivity index (χ4v) is 2.51. The summed E-state index contributed by atoms with van der Waals surface area (Å²) in [5, 5.41) is 6.06. The minimum Gasteiger partial charge on any atom is -0.454 e. The number of aromatic nitrogens is 2. The molecule has 0 aliphatic carbocycles. The highest BCUT2D eigenvalue weighted by Gasteiger charge is 2.13. The van der Waals surface area contributed by atoms with Crippen molar-refractivity contribution in [2.45, 2.75) is 13.0 Å². The van der Waals surface area contributed by atoms with Gasteiger partial charge in [0.2, 0.25) is 6.79 Å². The molecule has 1 amide bonds. The summed E-state index contributed by atoms with van der Waals surface area (Å²) in [6.07, 6.45) is 2.27. The second-order valence-corrected chi connectivity index (χ2v) is 6.24. The predicted molar refractivity (Wildman–Crippen MR) is 97.4 cm³/mol. The highest BCUT2D eigenvalue weighted by Crippen LogP contribution is 2.32. The molecule has 8 nitrogen and oxygen atoms in total. The van der Waals surface area contributed by atoms with Crippen molar-refractivity contribution < 1.29 is 14.3 Å². The van der Waals surface area contributed by atoms with Gasteiger partial charge in [-0.1, -0.05) is 6.07 Å². The molecule has 2 heterocycles. The van der Waals surface area contributed by atoms with Crippen LogP contribution in [0.15, 0.2) is 30.6 Å². The molecule has 1 aliphatic heterocycles. The van der Waals surface area contributed by atoms with E-state index in [0.29, 0.717) is 24.6 Å². The molecule has 0 atom stereocenters. The zero-order valence-corrected chi connectivity index (χ0v) is 15.0. The summed E-state index contributed by atoms with van der Waals surface area (Å²) < 4.78 is 10.7. The third-order valence-corrected chi connectivity index (χ3v) is 3.88. The van der Waals surface area contributed by atoms with Crippen LogP contribution in [0.2, 0.25) is 0 Å². The van der Waals surface area contributed by atoms with E-state index in [0.717, 1.165) is 30.0 Å². The van der Waals surface area contributed by atoms with Crippen molar-refractivity contribution in [3.05, 3.63) is 41.9 Å². The van der Waals surface area contributed by atoms with Crippen LogP contribution in [-0.2, 0) is 6.54 Å². The molecule has 2 N–H and O–H groups in total. The maximum absolute atomic E-state index is 12.2. The summed E-state index contributed by atoms with van der Waals surface area (Å²) in [5.41, 5.74) is 1.38. The third-order valence-electron chi connectivity index (χ3n) is 3.88. The standard InChI is InChI=1S/C18H23N5O3/c1-23(2)7-3-6-19-18(24)14-9-17(22-11-21-14)20-10-13-4-5-15-16(8-13)26-12-25-15/h4-5,8-9,11H,3,6-7,10,12H2,1-2H3,(H,19,24)(H,20,21,22). The van der Waals surface area contributed by atoms with E-state index in [1.807, 2.05) is 32.3 Å². The van der Waals surface area contributed by atoms with Gasteiger partial charge in [0.15, 0.2) is 11.5 Å². The zero-order chi connectivity index (χ0) is 18.4. The summed E-state index contributed by atoms with van der Waals surface area (Å²) >= 11 is 0. The first-order chi connectivity index (χ1) is 12.6. The smallest absolute Gasteiger partial charge is 0.270 e. The van der Waals surface area contributed by atoms with Crippen LogP contribution in [0.3, 0.4) is 0 Å². The van der Waals surface area contributed by atoms with Crippen LogP contribution >= 0.6 is 0 Å². The number of fused-ring (bicyclic) bond motifs is 1. The van der Waals surface area contributed by atoms with E-state index in [-0.39, 0.29) is 12.7 Å². The SMILES string of the molecule is CN(C)CCCNC(=O)c1cc(NCc2ccc3c(c2)OCO3)ncn1. The van der Waals surface area contributed by atoms with Crippen molar-refractivity contribution in [3.8, 4) is 11.5 Å². The first-order valence-corrected chi connectivity index (χ1v) is 8.49. The Labute approximate surface area is 152 Å². The number of nitrogens with zero attached hydrogens (tertiary/aromatic N) is 3. The topological polar surface area (TPSA) is 88.6 Å². The van der Waals surface area contributed by atoms with Crippen LogP contribution in [0.4, 0.5) is 5.82 Å². The summed E-state index contributed by atoms with van der Waals surface area (Å²) in [6, 6.07) is 7.41. The largest absolute Gasteiger partial charge is 0.454 e. The van der Waals surface area contributed by atoms with Crippen LogP contribution in [-0.4, -0.2) is 54.8 Å². The van der Waals surface area contributed by atoms with Gasteiger partial charge in [-0.15, -0.1) is 0 Å². The Morgan fingerprint density at radius 3 is 2.88 bits per heavy atom. The fourth-order valence-electron chi connectivity index (χ4n) is 2.51. The molecule has 0 spiro atoms. The number of ether oxygens (including phenoxy) is 2. The van der Waals surface area contributed by atoms with E-state index in [2.05, 4.69) is 25.5 Å². The second-order valence-electron chi connectivity index (χ2n) is 6.24. The summed E-state index contributed by atoms with van der Waals surface area (Å²) in [6.45, 7) is 2.34. The normalized spacial score (nSPS) is 12.3. The zero-order valence-electron chi connectivity index (χ0n) is 15.0. The molecule has 0 saturated carbocycles. The van der Waals surface area contributed by atoms with E-state index in [4.69, 9.17) is 9.47 Å². The van der Waals surface area contributed by atoms with Gasteiger partial charge in [-0.05, 0) is 44.8 Å². The van der Waals surface area contributed by atoms with Gasteiger partial charge in [0.05, 0.1) is 0 Å². The van der Waals surface area contributed by atoms with Crippen LogP contribution in [0.1, 0.15) is 22.5 Å². The van der Waals surface area contributed by atoms with Gasteiger partial charge in [0.1, 0.15) is 17.8 Å². The molecule has 0 saturated heterocycles. The molecule has 1 aromatic heterocycles. The number of carbonyl (C=O) groups is 1. The van der Waals surface area contributed by atoms with Gasteiger partial charge in [0, 0.05) is 19.2 Å². The van der Waals surface area contributed by atoms with E-state index in [1.165, 1.54) is 6.33 Å². The number of amides is 1. The van der Waals surface area contributed by atoms with Crippen molar-refractivity contribution in [1.29, 1.82) is 0 Å². The van der Waals surface area contributed by atoms with Crippen molar-refractivity contribution >= 4 is 11.7 Å². The van der Waals surface area contributed by atoms with Gasteiger partial charge in [-0.2, -0.15) is 0 Å². The number of hydrogen-bond acceptors (Lipinski definition) is 7. The maximum Gasteiger partial charge on any atom is 0.270 e. The Hall–Kier alpha value is -2.87. The summed E-state index contributed by atoms with van der Waals surface area (Å²) in [4.78, 5) is 22.5. The Kier molecular flexibility index (Phi) is 5.85. The number of hydrogen-bond donors (Lipinski definition) is 2. The molecule has 138 valence electrons. The molecule has 0 radical (unpaired) electrons. The number of anilines is 1. The Morgan fingerprint density at radius 1 is 1.19 bits per heavy atom. The molecule has 3 rings (SSSR count). The average molecular weight is 357 g/mol. The quantitative estimate of drug-likeness (QED) is 0.692. The molecular formula is C18H23N5O3. The molecule has 0 fully saturated rings. The monoisotopic (exact) mass is 357 g/mol. The summed E-state index contributed by atoms with van der Waals surface area (Å²) in [5.74, 6) is 1.89. The summed E-state index contributed by atoms with van der Waals surface area (Å²) in [7, 11) is 4.01. The highest BCUT2D eigenvalue weighted by molar-refractivity contribution is 5.92. The average Bonchev–Trinajstić information content (AvgIpc) is 3.11. The first-order valence-electron chi connectivity index (χ1n) is 8.49. The Balaban J connectivity index is 1.53. The van der Waals surface area contributed by atoms with Gasteiger partial charge in [0.25, 0.3) is 5.91 Å². The van der Waals surface area contributed by atoms with Crippen molar-refractivity contribution in [2.75, 3.05) is 39.3 Å². The second kappa shape index (κ2) is 8.48. The lowest BCUT2D eigenvalue weighted by atomic mass is 10.2. The minimum absolute atomic E-state index is 0.197. The van der Waals surface area contributed by atoms with Crippen LogP contribution in [0, 0.1) is 0 Å². The molecule has 2 aromatic rings. The van der Waals surface area contributed by atoms with Crippen molar-refractivity contribution in [3.63, 3.8) is 0 Å². The van der Waals surface area contributed by atoms with Crippen LogP contribution in [0.5, 0.6) is 11.5 Å². The van der Waals surface area contributed by atoms with Gasteiger partial charge in [-0.3, -0.25) is 4.79 Å². The van der Waals surface area contributed by atoms with Crippen molar-refractivity contribution in [1.82, 2.24) is 20.2 Å². The lowest BCUT2D eigenvalue weighted by Crippen LogP contribution is -2.27. The fraction of sp³-hybridized carbons (Fsp3) is 0.389. The maximum atomic E-state index is 12.2. The Bertz CT molecular complexity index is 766. The van der Waals surface area contributed by atoms with E-state index in [1.54, 1.807) is 6.07 Å². The third kappa shape index (κ3) is 4.82. The lowest BCUT2D eigenvalue weighted by Gasteiger charge is -2.10. The lowest BCUT2D eigenvalue weighted by molar-refractivity contribution is 0.0947. The number of benzene rings is 1. The minimum atomic E-state index is -0.197. The van der Waals surface area contributed by atoms with Gasteiger partial charge in [-0.25, -0.2) is 9.97 Å². The Morgan fingerprint density at radius 2 is 2.04 bits per heavy atom.